The molecule has 0 spiro atoms. The number of hydrogen-bond donors (Lipinski definition) is 1. The quantitative estimate of drug-likeness (QED) is 0.636. The van der Waals surface area contributed by atoms with E-state index in [1.165, 1.54) is 30.6 Å². The molecule has 1 heterocycles. The molecule has 0 aromatic heterocycles. The predicted octanol–water partition coefficient (Wildman–Crippen LogP) is 3.23. The SMILES string of the molecule is CC(C)(C)OC(=O)CN1C(=O)C(N)CN(C2CCCCCC2)c2ccccc21. The van der Waals surface area contributed by atoms with Gasteiger partial charge in [0.25, 0.3) is 0 Å². The molecule has 1 saturated carbocycles. The molecule has 1 amide bonds. The molecular weight excluding hydrogens is 354 g/mol. The Balaban J connectivity index is 1.92. The highest BCUT2D eigenvalue weighted by Crippen LogP contribution is 2.36. The second-order valence-corrected chi connectivity index (χ2v) is 8.90. The lowest BCUT2D eigenvalue weighted by Crippen LogP contribution is -2.50. The minimum Gasteiger partial charge on any atom is -0.459 e. The highest BCUT2D eigenvalue weighted by Gasteiger charge is 2.36. The number of benzene rings is 1. The fraction of sp³-hybridized carbons (Fsp3) is 0.636. The molecule has 0 bridgehead atoms. The van der Waals surface area contributed by atoms with Crippen molar-refractivity contribution in [2.75, 3.05) is 22.9 Å². The topological polar surface area (TPSA) is 75.9 Å². The van der Waals surface area contributed by atoms with Gasteiger partial charge >= 0.3 is 5.97 Å². The van der Waals surface area contributed by atoms with Gasteiger partial charge in [0.15, 0.2) is 0 Å². The number of fused-ring (bicyclic) bond motifs is 1. The molecule has 2 N–H and O–H groups in total. The Kier molecular flexibility index (Phi) is 6.28. The lowest BCUT2D eigenvalue weighted by molar-refractivity contribution is -0.153. The zero-order valence-electron chi connectivity index (χ0n) is 17.3. The van der Waals surface area contributed by atoms with Gasteiger partial charge in [0.2, 0.25) is 5.91 Å². The van der Waals surface area contributed by atoms with Gasteiger partial charge in [0.05, 0.1) is 11.4 Å². The van der Waals surface area contributed by atoms with Crippen molar-refractivity contribution in [2.24, 2.45) is 5.73 Å². The van der Waals surface area contributed by atoms with E-state index in [2.05, 4.69) is 4.90 Å². The molecule has 1 aliphatic heterocycles. The second kappa shape index (κ2) is 8.52. The van der Waals surface area contributed by atoms with Crippen molar-refractivity contribution in [3.63, 3.8) is 0 Å². The maximum absolute atomic E-state index is 13.1. The molecule has 0 saturated heterocycles. The Labute approximate surface area is 168 Å². The number of anilines is 2. The molecule has 154 valence electrons. The lowest BCUT2D eigenvalue weighted by atomic mass is 10.0. The summed E-state index contributed by atoms with van der Waals surface area (Å²) >= 11 is 0. The third kappa shape index (κ3) is 4.85. The van der Waals surface area contributed by atoms with Crippen molar-refractivity contribution in [3.8, 4) is 0 Å². The van der Waals surface area contributed by atoms with Crippen molar-refractivity contribution in [1.29, 1.82) is 0 Å². The van der Waals surface area contributed by atoms with Crippen LogP contribution in [0, 0.1) is 0 Å². The maximum Gasteiger partial charge on any atom is 0.326 e. The summed E-state index contributed by atoms with van der Waals surface area (Å²) in [6.07, 6.45) is 7.16. The van der Waals surface area contributed by atoms with E-state index in [1.54, 1.807) is 0 Å². The Morgan fingerprint density at radius 1 is 1.11 bits per heavy atom. The second-order valence-electron chi connectivity index (χ2n) is 8.90. The number of nitrogens with zero attached hydrogens (tertiary/aromatic N) is 2. The third-order valence-electron chi connectivity index (χ3n) is 5.43. The summed E-state index contributed by atoms with van der Waals surface area (Å²) in [7, 11) is 0. The van der Waals surface area contributed by atoms with Crippen molar-refractivity contribution in [3.05, 3.63) is 24.3 Å². The van der Waals surface area contributed by atoms with Crippen LogP contribution in [0.1, 0.15) is 59.3 Å². The van der Waals surface area contributed by atoms with Crippen LogP contribution in [0.25, 0.3) is 0 Å². The average Bonchev–Trinajstić information content (AvgIpc) is 2.95. The highest BCUT2D eigenvalue weighted by molar-refractivity contribution is 6.04. The molecule has 3 rings (SSSR count). The van der Waals surface area contributed by atoms with Crippen LogP contribution in [0.3, 0.4) is 0 Å². The van der Waals surface area contributed by atoms with Gasteiger partial charge < -0.3 is 15.4 Å². The minimum atomic E-state index is -0.668. The molecule has 1 aromatic carbocycles. The van der Waals surface area contributed by atoms with Crippen molar-refractivity contribution < 1.29 is 14.3 Å². The molecule has 1 fully saturated rings. The highest BCUT2D eigenvalue weighted by atomic mass is 16.6. The zero-order valence-corrected chi connectivity index (χ0v) is 17.3. The van der Waals surface area contributed by atoms with Crippen LogP contribution in [-0.4, -0.2) is 42.7 Å². The normalized spacial score (nSPS) is 21.7. The minimum absolute atomic E-state index is 0.126. The smallest absolute Gasteiger partial charge is 0.326 e. The van der Waals surface area contributed by atoms with E-state index >= 15 is 0 Å². The Bertz CT molecular complexity index is 705. The van der Waals surface area contributed by atoms with Gasteiger partial charge in [0.1, 0.15) is 18.2 Å². The van der Waals surface area contributed by atoms with Crippen molar-refractivity contribution in [1.82, 2.24) is 0 Å². The summed E-state index contributed by atoms with van der Waals surface area (Å²) in [5.74, 6) is -0.653. The Hall–Kier alpha value is -2.08. The number of rotatable bonds is 3. The number of nitrogens with two attached hydrogens (primary N) is 1. The van der Waals surface area contributed by atoms with Crippen LogP contribution in [0.2, 0.25) is 0 Å². The van der Waals surface area contributed by atoms with Crippen LogP contribution in [0.15, 0.2) is 24.3 Å². The van der Waals surface area contributed by atoms with Gasteiger partial charge in [-0.05, 0) is 45.7 Å². The van der Waals surface area contributed by atoms with Crippen LogP contribution in [0.4, 0.5) is 11.4 Å². The van der Waals surface area contributed by atoms with Gasteiger partial charge in [-0.2, -0.15) is 0 Å². The fourth-order valence-corrected chi connectivity index (χ4v) is 4.22. The largest absolute Gasteiger partial charge is 0.459 e. The molecule has 6 nitrogen and oxygen atoms in total. The Morgan fingerprint density at radius 2 is 1.71 bits per heavy atom. The van der Waals surface area contributed by atoms with Gasteiger partial charge in [0, 0.05) is 12.6 Å². The van der Waals surface area contributed by atoms with Crippen molar-refractivity contribution in [2.45, 2.75) is 77.0 Å². The van der Waals surface area contributed by atoms with E-state index in [0.29, 0.717) is 12.6 Å². The van der Waals surface area contributed by atoms with E-state index in [1.807, 2.05) is 45.0 Å². The number of para-hydroxylation sites is 2. The van der Waals surface area contributed by atoms with Crippen LogP contribution in [0.5, 0.6) is 0 Å². The zero-order chi connectivity index (χ0) is 20.3. The first-order chi connectivity index (χ1) is 13.3. The number of amides is 1. The van der Waals surface area contributed by atoms with E-state index in [0.717, 1.165) is 24.2 Å². The molecule has 0 radical (unpaired) electrons. The molecule has 6 heteroatoms. The van der Waals surface area contributed by atoms with Gasteiger partial charge in [-0.1, -0.05) is 37.8 Å². The first kappa shape index (κ1) is 20.6. The predicted molar refractivity (Wildman–Crippen MR) is 111 cm³/mol. The van der Waals surface area contributed by atoms with E-state index in [-0.39, 0.29) is 12.5 Å². The van der Waals surface area contributed by atoms with Crippen LogP contribution >= 0.6 is 0 Å². The fourth-order valence-electron chi connectivity index (χ4n) is 4.22. The third-order valence-corrected chi connectivity index (χ3v) is 5.43. The number of carbonyl (C=O) groups excluding carboxylic acids is 2. The van der Waals surface area contributed by atoms with Gasteiger partial charge in [-0.15, -0.1) is 0 Å². The molecule has 1 unspecified atom stereocenters. The first-order valence-electron chi connectivity index (χ1n) is 10.4. The van der Waals surface area contributed by atoms with Crippen LogP contribution in [-0.2, 0) is 14.3 Å². The van der Waals surface area contributed by atoms with Crippen LogP contribution < -0.4 is 15.5 Å². The summed E-state index contributed by atoms with van der Waals surface area (Å²) < 4.78 is 5.45. The number of ether oxygens (including phenoxy) is 1. The summed E-state index contributed by atoms with van der Waals surface area (Å²) in [5, 5.41) is 0. The van der Waals surface area contributed by atoms with E-state index in [9.17, 15) is 9.59 Å². The number of esters is 1. The van der Waals surface area contributed by atoms with Gasteiger partial charge in [-0.25, -0.2) is 0 Å². The number of carbonyl (C=O) groups is 2. The van der Waals surface area contributed by atoms with Gasteiger partial charge in [-0.3, -0.25) is 14.5 Å². The molecule has 1 aliphatic carbocycles. The Morgan fingerprint density at radius 3 is 2.32 bits per heavy atom. The van der Waals surface area contributed by atoms with E-state index in [4.69, 9.17) is 10.5 Å². The van der Waals surface area contributed by atoms with E-state index < -0.39 is 17.6 Å². The monoisotopic (exact) mass is 387 g/mol. The average molecular weight is 388 g/mol. The summed E-state index contributed by atoms with van der Waals surface area (Å²) in [5.41, 5.74) is 7.44. The number of hydrogen-bond acceptors (Lipinski definition) is 5. The standard InChI is InChI=1S/C22H33N3O3/c1-22(2,3)28-20(26)15-25-19-13-9-8-12-18(19)24(14-17(23)21(25)27)16-10-6-4-5-7-11-16/h8-9,12-13,16-17H,4-7,10-11,14-15,23H2,1-3H3. The van der Waals surface area contributed by atoms with Crippen molar-refractivity contribution >= 4 is 23.3 Å². The summed E-state index contributed by atoms with van der Waals surface area (Å²) in [6.45, 7) is 5.82. The molecule has 1 atom stereocenters. The first-order valence-corrected chi connectivity index (χ1v) is 10.4. The molecular formula is C22H33N3O3. The summed E-state index contributed by atoms with van der Waals surface area (Å²) in [4.78, 5) is 29.3. The lowest BCUT2D eigenvalue weighted by Gasteiger charge is -2.34. The maximum atomic E-state index is 13.1. The molecule has 2 aliphatic rings. The molecule has 28 heavy (non-hydrogen) atoms. The summed E-state index contributed by atoms with van der Waals surface area (Å²) in [6, 6.07) is 7.53. The molecule has 1 aromatic rings.